The predicted molar refractivity (Wildman–Crippen MR) is 100 cm³/mol. The van der Waals surface area contributed by atoms with Crippen molar-refractivity contribution in [2.75, 3.05) is 6.61 Å². The van der Waals surface area contributed by atoms with Crippen molar-refractivity contribution in [3.8, 4) is 0 Å². The van der Waals surface area contributed by atoms with E-state index < -0.39 is 0 Å². The summed E-state index contributed by atoms with van der Waals surface area (Å²) in [5.74, 6) is 2.69. The van der Waals surface area contributed by atoms with E-state index in [2.05, 4.69) is 6.92 Å². The maximum atomic E-state index is 11.7. The molecule has 3 heteroatoms. The summed E-state index contributed by atoms with van der Waals surface area (Å²) in [5, 5.41) is 0. The minimum absolute atomic E-state index is 0.0189. The second-order valence-electron chi connectivity index (χ2n) is 9.22. The molecule has 2 unspecified atom stereocenters. The van der Waals surface area contributed by atoms with Gasteiger partial charge in [0.2, 0.25) is 0 Å². The molecule has 0 bridgehead atoms. The van der Waals surface area contributed by atoms with E-state index in [9.17, 15) is 4.79 Å². The zero-order valence-corrected chi connectivity index (χ0v) is 16.4. The minimum Gasteiger partial charge on any atom is -0.462 e. The topological polar surface area (TPSA) is 35.5 Å². The van der Waals surface area contributed by atoms with Crippen LogP contribution in [-0.2, 0) is 14.3 Å². The molecule has 0 spiro atoms. The molecule has 0 N–H and O–H groups in total. The molecule has 3 rings (SSSR count). The van der Waals surface area contributed by atoms with Gasteiger partial charge in [0.1, 0.15) is 6.10 Å². The molecule has 3 aliphatic rings. The average Bonchev–Trinajstić information content (AvgIpc) is 2.63. The Morgan fingerprint density at radius 1 is 0.840 bits per heavy atom. The smallest absolute Gasteiger partial charge is 0.308 e. The quantitative estimate of drug-likeness (QED) is 0.593. The maximum absolute atomic E-state index is 11.7. The van der Waals surface area contributed by atoms with Gasteiger partial charge < -0.3 is 9.47 Å². The highest BCUT2D eigenvalue weighted by Crippen LogP contribution is 2.33. The molecule has 0 aromatic heterocycles. The van der Waals surface area contributed by atoms with Crippen molar-refractivity contribution < 1.29 is 14.3 Å². The Balaban J connectivity index is 1.26. The molecule has 3 fully saturated rings. The van der Waals surface area contributed by atoms with Gasteiger partial charge in [0.25, 0.3) is 0 Å². The normalized spacial score (nSPS) is 39.8. The molecule has 144 valence electrons. The van der Waals surface area contributed by atoms with E-state index in [0.29, 0.717) is 6.10 Å². The number of rotatable bonds is 6. The molecule has 3 nitrogen and oxygen atoms in total. The van der Waals surface area contributed by atoms with Crippen molar-refractivity contribution in [1.29, 1.82) is 0 Å². The SMILES string of the molecule is CC1CCC(COC2CCC(CCC3CCC(C)C(=O)O3)CC2)CC1. The molecule has 0 radical (unpaired) electrons. The van der Waals surface area contributed by atoms with Crippen LogP contribution in [0.25, 0.3) is 0 Å². The molecule has 0 aromatic rings. The third-order valence-corrected chi connectivity index (χ3v) is 7.00. The number of ether oxygens (including phenoxy) is 2. The van der Waals surface area contributed by atoms with Crippen molar-refractivity contribution in [2.45, 2.75) is 103 Å². The summed E-state index contributed by atoms with van der Waals surface area (Å²) in [6.07, 6.45) is 15.6. The van der Waals surface area contributed by atoms with E-state index in [4.69, 9.17) is 9.47 Å². The van der Waals surface area contributed by atoms with Crippen molar-refractivity contribution in [2.24, 2.45) is 23.7 Å². The maximum Gasteiger partial charge on any atom is 0.308 e. The fourth-order valence-electron chi connectivity index (χ4n) is 4.87. The third kappa shape index (κ3) is 5.98. The number of hydrogen-bond acceptors (Lipinski definition) is 3. The van der Waals surface area contributed by atoms with Gasteiger partial charge in [-0.05, 0) is 82.0 Å². The summed E-state index contributed by atoms with van der Waals surface area (Å²) in [5.41, 5.74) is 0. The molecule has 0 amide bonds. The van der Waals surface area contributed by atoms with Gasteiger partial charge in [-0.2, -0.15) is 0 Å². The average molecular weight is 351 g/mol. The molecule has 2 aliphatic carbocycles. The Morgan fingerprint density at radius 3 is 2.20 bits per heavy atom. The van der Waals surface area contributed by atoms with Crippen LogP contribution in [-0.4, -0.2) is 24.8 Å². The molecule has 2 saturated carbocycles. The van der Waals surface area contributed by atoms with Gasteiger partial charge in [0, 0.05) is 6.61 Å². The minimum atomic E-state index is 0.0189. The van der Waals surface area contributed by atoms with E-state index in [1.54, 1.807) is 0 Å². The van der Waals surface area contributed by atoms with Gasteiger partial charge in [0.05, 0.1) is 12.0 Å². The van der Waals surface area contributed by atoms with E-state index in [-0.39, 0.29) is 18.0 Å². The van der Waals surface area contributed by atoms with Crippen LogP contribution in [0, 0.1) is 23.7 Å². The fraction of sp³-hybridized carbons (Fsp3) is 0.955. The van der Waals surface area contributed by atoms with E-state index in [1.807, 2.05) is 6.92 Å². The first-order chi connectivity index (χ1) is 12.1. The summed E-state index contributed by atoms with van der Waals surface area (Å²) in [7, 11) is 0. The van der Waals surface area contributed by atoms with Crippen LogP contribution in [0.1, 0.15) is 90.9 Å². The zero-order valence-electron chi connectivity index (χ0n) is 16.4. The number of carbonyl (C=O) groups excluding carboxylic acids is 1. The number of hydrogen-bond donors (Lipinski definition) is 0. The lowest BCUT2D eigenvalue weighted by Crippen LogP contribution is -2.30. The third-order valence-electron chi connectivity index (χ3n) is 7.00. The molecule has 1 heterocycles. The van der Waals surface area contributed by atoms with Gasteiger partial charge in [-0.1, -0.05) is 26.7 Å². The van der Waals surface area contributed by atoms with Gasteiger partial charge in [-0.3, -0.25) is 4.79 Å². The van der Waals surface area contributed by atoms with Crippen LogP contribution in [0.5, 0.6) is 0 Å². The molecular formula is C22H38O3. The molecule has 25 heavy (non-hydrogen) atoms. The Labute approximate surface area is 154 Å². The summed E-state index contributed by atoms with van der Waals surface area (Å²) in [6, 6.07) is 0. The van der Waals surface area contributed by atoms with Gasteiger partial charge in [-0.15, -0.1) is 0 Å². The van der Waals surface area contributed by atoms with Crippen molar-refractivity contribution in [3.63, 3.8) is 0 Å². The Hall–Kier alpha value is -0.570. The van der Waals surface area contributed by atoms with Gasteiger partial charge >= 0.3 is 5.97 Å². The van der Waals surface area contributed by atoms with E-state index in [0.717, 1.165) is 43.6 Å². The monoisotopic (exact) mass is 350 g/mol. The Bertz CT molecular complexity index is 405. The van der Waals surface area contributed by atoms with Crippen molar-refractivity contribution >= 4 is 5.97 Å². The molecule has 2 atom stereocenters. The molecule has 1 aliphatic heterocycles. The first kappa shape index (κ1) is 19.2. The van der Waals surface area contributed by atoms with E-state index >= 15 is 0 Å². The summed E-state index contributed by atoms with van der Waals surface area (Å²) in [6.45, 7) is 5.36. The standard InChI is InChI=1S/C22H38O3/c1-16-3-6-19(7-4-16)15-24-20-12-8-18(9-13-20)10-14-21-11-5-17(2)22(23)25-21/h16-21H,3-15H2,1-2H3. The van der Waals surface area contributed by atoms with Crippen LogP contribution in [0.4, 0.5) is 0 Å². The van der Waals surface area contributed by atoms with Gasteiger partial charge in [-0.25, -0.2) is 0 Å². The highest BCUT2D eigenvalue weighted by atomic mass is 16.5. The molecule has 0 aromatic carbocycles. The fourth-order valence-corrected chi connectivity index (χ4v) is 4.87. The lowest BCUT2D eigenvalue weighted by molar-refractivity contribution is -0.160. The zero-order chi connectivity index (χ0) is 17.6. The summed E-state index contributed by atoms with van der Waals surface area (Å²) < 4.78 is 11.8. The first-order valence-corrected chi connectivity index (χ1v) is 10.9. The lowest BCUT2D eigenvalue weighted by atomic mass is 9.82. The second-order valence-corrected chi connectivity index (χ2v) is 9.22. The predicted octanol–water partition coefficient (Wildman–Crippen LogP) is 5.51. The highest BCUT2D eigenvalue weighted by Gasteiger charge is 2.28. The van der Waals surface area contributed by atoms with Crippen molar-refractivity contribution in [1.82, 2.24) is 0 Å². The molecule has 1 saturated heterocycles. The number of cyclic esters (lactones) is 1. The van der Waals surface area contributed by atoms with Crippen LogP contribution in [0.2, 0.25) is 0 Å². The van der Waals surface area contributed by atoms with Crippen LogP contribution < -0.4 is 0 Å². The van der Waals surface area contributed by atoms with Gasteiger partial charge in [0.15, 0.2) is 0 Å². The first-order valence-electron chi connectivity index (χ1n) is 10.9. The lowest BCUT2D eigenvalue weighted by Gasteiger charge is -2.32. The largest absolute Gasteiger partial charge is 0.462 e. The van der Waals surface area contributed by atoms with Crippen LogP contribution in [0.15, 0.2) is 0 Å². The van der Waals surface area contributed by atoms with Crippen LogP contribution >= 0.6 is 0 Å². The molecular weight excluding hydrogens is 312 g/mol. The highest BCUT2D eigenvalue weighted by molar-refractivity contribution is 5.72. The number of esters is 1. The Morgan fingerprint density at radius 2 is 1.52 bits per heavy atom. The summed E-state index contributed by atoms with van der Waals surface area (Å²) >= 11 is 0. The van der Waals surface area contributed by atoms with Crippen molar-refractivity contribution in [3.05, 3.63) is 0 Å². The number of carbonyl (C=O) groups is 1. The Kier molecular flexibility index (Phi) is 7.21. The van der Waals surface area contributed by atoms with Crippen LogP contribution in [0.3, 0.4) is 0 Å². The van der Waals surface area contributed by atoms with E-state index in [1.165, 1.54) is 57.8 Å². The summed E-state index contributed by atoms with van der Waals surface area (Å²) in [4.78, 5) is 11.7. The second kappa shape index (κ2) is 9.39.